The average Bonchev–Trinajstić information content (AvgIpc) is 2.68. The number of likely N-dealkylation sites (N-methyl/N-ethyl adjacent to an activating group) is 2. The van der Waals surface area contributed by atoms with Gasteiger partial charge in [-0.25, -0.2) is 13.2 Å². The number of hydrogen-bond acceptors (Lipinski definition) is 5. The highest BCUT2D eigenvalue weighted by Gasteiger charge is 2.27. The maximum atomic E-state index is 12.3. The molecule has 0 aliphatic rings. The van der Waals surface area contributed by atoms with Crippen LogP contribution < -0.4 is 0 Å². The summed E-state index contributed by atoms with van der Waals surface area (Å²) in [5, 5.41) is 8.79. The molecule has 0 aliphatic carbocycles. The van der Waals surface area contributed by atoms with Crippen LogP contribution in [0.2, 0.25) is 0 Å². The number of sulfonamides is 1. The van der Waals surface area contributed by atoms with Crippen LogP contribution in [0.3, 0.4) is 0 Å². The van der Waals surface area contributed by atoms with Crippen molar-refractivity contribution < 1.29 is 22.7 Å². The highest BCUT2D eigenvalue weighted by molar-refractivity contribution is 7.89. The molecule has 0 fully saturated rings. The third kappa shape index (κ3) is 3.55. The first kappa shape index (κ1) is 15.7. The third-order valence-corrected chi connectivity index (χ3v) is 4.60. The van der Waals surface area contributed by atoms with Crippen LogP contribution in [-0.4, -0.2) is 62.9 Å². The number of carboxylic acid groups (broad SMARTS) is 1. The molecule has 1 aromatic rings. The van der Waals surface area contributed by atoms with Gasteiger partial charge in [-0.1, -0.05) is 0 Å². The Morgan fingerprint density at radius 1 is 1.32 bits per heavy atom. The first-order valence-electron chi connectivity index (χ1n) is 5.61. The molecule has 0 saturated heterocycles. The third-order valence-electron chi connectivity index (χ3n) is 2.63. The quantitative estimate of drug-likeness (QED) is 0.819. The Bertz CT molecular complexity index is 562. The van der Waals surface area contributed by atoms with Gasteiger partial charge in [0.15, 0.2) is 0 Å². The predicted molar refractivity (Wildman–Crippen MR) is 68.8 cm³/mol. The zero-order chi connectivity index (χ0) is 14.8. The molecule has 8 heteroatoms. The van der Waals surface area contributed by atoms with Gasteiger partial charge >= 0.3 is 5.97 Å². The van der Waals surface area contributed by atoms with Crippen molar-refractivity contribution in [2.24, 2.45) is 0 Å². The van der Waals surface area contributed by atoms with Gasteiger partial charge in [0.05, 0.1) is 0 Å². The molecule has 0 radical (unpaired) electrons. The molecule has 0 amide bonds. The van der Waals surface area contributed by atoms with Crippen LogP contribution in [0.25, 0.3) is 0 Å². The van der Waals surface area contributed by atoms with E-state index in [-0.39, 0.29) is 16.4 Å². The van der Waals surface area contributed by atoms with Gasteiger partial charge in [-0.05, 0) is 21.0 Å². The van der Waals surface area contributed by atoms with Crippen molar-refractivity contribution in [3.8, 4) is 0 Å². The molecule has 0 bridgehead atoms. The molecule has 108 valence electrons. The van der Waals surface area contributed by atoms with Gasteiger partial charge in [0, 0.05) is 26.2 Å². The summed E-state index contributed by atoms with van der Waals surface area (Å²) in [7, 11) is 1.40. The summed E-state index contributed by atoms with van der Waals surface area (Å²) in [5.41, 5.74) is 0. The topological polar surface area (TPSA) is 91.1 Å². The standard InChI is InChI=1S/C11H18N2O5S/c1-8-10(7-9(18-8)11(14)15)19(16,17)13(4)6-5-12(2)3/h7H,5-6H2,1-4H3,(H,14,15). The molecule has 7 nitrogen and oxygen atoms in total. The van der Waals surface area contributed by atoms with Gasteiger partial charge in [-0.3, -0.25) is 0 Å². The fourth-order valence-corrected chi connectivity index (χ4v) is 2.77. The lowest BCUT2D eigenvalue weighted by Crippen LogP contribution is -2.33. The van der Waals surface area contributed by atoms with Gasteiger partial charge < -0.3 is 14.4 Å². The zero-order valence-electron chi connectivity index (χ0n) is 11.4. The van der Waals surface area contributed by atoms with Crippen molar-refractivity contribution in [3.05, 3.63) is 17.6 Å². The molecule has 1 aromatic heterocycles. The summed E-state index contributed by atoms with van der Waals surface area (Å²) in [4.78, 5) is 12.5. The van der Waals surface area contributed by atoms with Gasteiger partial charge in [-0.2, -0.15) is 4.31 Å². The van der Waals surface area contributed by atoms with E-state index in [9.17, 15) is 13.2 Å². The van der Waals surface area contributed by atoms with Crippen molar-refractivity contribution in [1.82, 2.24) is 9.21 Å². The predicted octanol–water partition coefficient (Wildman–Crippen LogP) is 0.468. The monoisotopic (exact) mass is 290 g/mol. The summed E-state index contributed by atoms with van der Waals surface area (Å²) in [6.07, 6.45) is 0. The van der Waals surface area contributed by atoms with Crippen LogP contribution in [0.1, 0.15) is 16.3 Å². The van der Waals surface area contributed by atoms with E-state index in [4.69, 9.17) is 9.52 Å². The van der Waals surface area contributed by atoms with Gasteiger partial charge in [0.2, 0.25) is 15.8 Å². The lowest BCUT2D eigenvalue weighted by molar-refractivity contribution is 0.0661. The van der Waals surface area contributed by atoms with Crippen LogP contribution in [0, 0.1) is 6.92 Å². The second kappa shape index (κ2) is 5.72. The molecular weight excluding hydrogens is 272 g/mol. The van der Waals surface area contributed by atoms with E-state index in [1.54, 1.807) is 0 Å². The van der Waals surface area contributed by atoms with E-state index < -0.39 is 16.0 Å². The summed E-state index contributed by atoms with van der Waals surface area (Å²) >= 11 is 0. The number of aromatic carboxylic acids is 1. The Hall–Kier alpha value is -1.38. The highest BCUT2D eigenvalue weighted by Crippen LogP contribution is 2.22. The molecule has 19 heavy (non-hydrogen) atoms. The molecular formula is C11H18N2O5S. The lowest BCUT2D eigenvalue weighted by Gasteiger charge is -2.18. The first-order chi connectivity index (χ1) is 8.66. The minimum Gasteiger partial charge on any atom is -0.475 e. The molecule has 1 rings (SSSR count). The van der Waals surface area contributed by atoms with Crippen molar-refractivity contribution in [1.29, 1.82) is 0 Å². The lowest BCUT2D eigenvalue weighted by atomic mass is 10.4. The number of carboxylic acids is 1. The Kier molecular flexibility index (Phi) is 4.72. The van der Waals surface area contributed by atoms with E-state index >= 15 is 0 Å². The second-order valence-electron chi connectivity index (χ2n) is 4.47. The summed E-state index contributed by atoms with van der Waals surface area (Å²) in [5.74, 6) is -1.59. The number of carbonyl (C=O) groups is 1. The van der Waals surface area contributed by atoms with Crippen LogP contribution in [0.4, 0.5) is 0 Å². The maximum Gasteiger partial charge on any atom is 0.371 e. The van der Waals surface area contributed by atoms with Crippen molar-refractivity contribution in [2.45, 2.75) is 11.8 Å². The SMILES string of the molecule is Cc1oc(C(=O)O)cc1S(=O)(=O)N(C)CCN(C)C. The smallest absolute Gasteiger partial charge is 0.371 e. The Morgan fingerprint density at radius 3 is 2.32 bits per heavy atom. The normalized spacial score (nSPS) is 12.3. The Balaban J connectivity index is 3.03. The average molecular weight is 290 g/mol. The zero-order valence-corrected chi connectivity index (χ0v) is 12.2. The molecule has 0 unspecified atom stereocenters. The van der Waals surface area contributed by atoms with E-state index in [1.807, 2.05) is 19.0 Å². The number of nitrogens with zero attached hydrogens (tertiary/aromatic N) is 2. The minimum absolute atomic E-state index is 0.0779. The molecule has 0 spiro atoms. The summed E-state index contributed by atoms with van der Waals surface area (Å²) in [6, 6.07) is 1.04. The van der Waals surface area contributed by atoms with Gasteiger partial charge in [-0.15, -0.1) is 0 Å². The van der Waals surface area contributed by atoms with Crippen molar-refractivity contribution >= 4 is 16.0 Å². The van der Waals surface area contributed by atoms with Gasteiger partial charge in [0.1, 0.15) is 10.7 Å². The fraction of sp³-hybridized carbons (Fsp3) is 0.545. The van der Waals surface area contributed by atoms with Crippen molar-refractivity contribution in [2.75, 3.05) is 34.2 Å². The van der Waals surface area contributed by atoms with E-state index in [2.05, 4.69) is 0 Å². The van der Waals surface area contributed by atoms with Crippen LogP contribution in [0.15, 0.2) is 15.4 Å². The number of rotatable bonds is 6. The van der Waals surface area contributed by atoms with Gasteiger partial charge in [0.25, 0.3) is 0 Å². The summed E-state index contributed by atoms with van der Waals surface area (Å²) in [6.45, 7) is 2.31. The molecule has 0 saturated carbocycles. The molecule has 0 atom stereocenters. The molecule has 0 aliphatic heterocycles. The van der Waals surface area contributed by atoms with Crippen molar-refractivity contribution in [3.63, 3.8) is 0 Å². The molecule has 1 N–H and O–H groups in total. The minimum atomic E-state index is -3.73. The van der Waals surface area contributed by atoms with Crippen LogP contribution >= 0.6 is 0 Å². The highest BCUT2D eigenvalue weighted by atomic mass is 32.2. The Morgan fingerprint density at radius 2 is 1.89 bits per heavy atom. The Labute approximate surface area is 112 Å². The number of hydrogen-bond donors (Lipinski definition) is 1. The van der Waals surface area contributed by atoms with E-state index in [1.165, 1.54) is 18.3 Å². The van der Waals surface area contributed by atoms with E-state index in [0.717, 1.165) is 6.07 Å². The first-order valence-corrected chi connectivity index (χ1v) is 7.05. The molecule has 0 aromatic carbocycles. The maximum absolute atomic E-state index is 12.3. The number of furan rings is 1. The fourth-order valence-electron chi connectivity index (χ4n) is 1.46. The largest absolute Gasteiger partial charge is 0.475 e. The second-order valence-corrected chi connectivity index (χ2v) is 6.48. The summed E-state index contributed by atoms with van der Waals surface area (Å²) < 4.78 is 30.6. The molecule has 1 heterocycles. The van der Waals surface area contributed by atoms with E-state index in [0.29, 0.717) is 13.1 Å². The van der Waals surface area contributed by atoms with Crippen LogP contribution in [-0.2, 0) is 10.0 Å². The number of aryl methyl sites for hydroxylation is 1. The van der Waals surface area contributed by atoms with Crippen LogP contribution in [0.5, 0.6) is 0 Å².